The van der Waals surface area contributed by atoms with E-state index < -0.39 is 0 Å². The van der Waals surface area contributed by atoms with Gasteiger partial charge < -0.3 is 0 Å². The fourth-order valence-corrected chi connectivity index (χ4v) is 2.78. The van der Waals surface area contributed by atoms with Crippen molar-refractivity contribution in [1.29, 1.82) is 0 Å². The monoisotopic (exact) mass is 302 g/mol. The van der Waals surface area contributed by atoms with Crippen LogP contribution in [0.15, 0.2) is 53.4 Å². The third-order valence-corrected chi connectivity index (χ3v) is 4.23. The molecule has 0 fully saturated rings. The number of ketones is 1. The molecule has 0 aliphatic heterocycles. The molecule has 0 heterocycles. The van der Waals surface area contributed by atoms with E-state index in [4.69, 9.17) is 0 Å². The van der Waals surface area contributed by atoms with Crippen molar-refractivity contribution in [2.75, 3.05) is 5.75 Å². The maximum Gasteiger partial charge on any atom is 0.173 e. The predicted molar refractivity (Wildman–Crippen MR) is 86.6 cm³/mol. The first-order chi connectivity index (χ1) is 9.86. The first-order valence-corrected chi connectivity index (χ1v) is 7.87. The quantitative estimate of drug-likeness (QED) is 0.577. The molecule has 21 heavy (non-hydrogen) atoms. The second-order valence-electron chi connectivity index (χ2n) is 6.00. The van der Waals surface area contributed by atoms with E-state index in [9.17, 15) is 9.18 Å². The van der Waals surface area contributed by atoms with Crippen molar-refractivity contribution in [3.63, 3.8) is 0 Å². The molecule has 110 valence electrons. The Balaban J connectivity index is 2.00. The zero-order valence-corrected chi connectivity index (χ0v) is 13.3. The Bertz CT molecular complexity index is 626. The van der Waals surface area contributed by atoms with Gasteiger partial charge in [-0.25, -0.2) is 4.39 Å². The molecule has 0 saturated heterocycles. The molecule has 0 aliphatic carbocycles. The number of thioether (sulfide) groups is 1. The Morgan fingerprint density at radius 2 is 1.76 bits per heavy atom. The lowest BCUT2D eigenvalue weighted by atomic mass is 9.86. The van der Waals surface area contributed by atoms with Crippen LogP contribution in [0.5, 0.6) is 0 Å². The molecule has 0 amide bonds. The molecular formula is C18H19FOS. The van der Waals surface area contributed by atoms with Crippen LogP contribution >= 0.6 is 11.8 Å². The molecule has 1 nitrogen and oxygen atoms in total. The van der Waals surface area contributed by atoms with Gasteiger partial charge in [0, 0.05) is 10.5 Å². The summed E-state index contributed by atoms with van der Waals surface area (Å²) >= 11 is 1.36. The maximum atomic E-state index is 13.1. The number of Topliss-reactive ketones (excluding diaryl/α,β-unsaturated/α-hetero) is 1. The molecule has 0 saturated carbocycles. The van der Waals surface area contributed by atoms with Gasteiger partial charge >= 0.3 is 0 Å². The molecule has 2 aromatic rings. The molecule has 0 unspecified atom stereocenters. The fourth-order valence-electron chi connectivity index (χ4n) is 1.95. The molecule has 3 heteroatoms. The summed E-state index contributed by atoms with van der Waals surface area (Å²) < 4.78 is 13.1. The third-order valence-electron chi connectivity index (χ3n) is 3.24. The number of hydrogen-bond acceptors (Lipinski definition) is 2. The fraction of sp³-hybridized carbons (Fsp3) is 0.278. The first-order valence-electron chi connectivity index (χ1n) is 6.88. The second kappa shape index (κ2) is 6.44. The van der Waals surface area contributed by atoms with E-state index in [0.29, 0.717) is 11.3 Å². The van der Waals surface area contributed by atoms with Gasteiger partial charge in [-0.3, -0.25) is 4.79 Å². The second-order valence-corrected chi connectivity index (χ2v) is 7.05. The summed E-state index contributed by atoms with van der Waals surface area (Å²) in [4.78, 5) is 12.9. The summed E-state index contributed by atoms with van der Waals surface area (Å²) in [6, 6.07) is 14.0. The lowest BCUT2D eigenvalue weighted by molar-refractivity contribution is 0.102. The van der Waals surface area contributed by atoms with E-state index in [1.54, 1.807) is 6.07 Å². The summed E-state index contributed by atoms with van der Waals surface area (Å²) in [7, 11) is 0. The topological polar surface area (TPSA) is 17.1 Å². The Labute approximate surface area is 129 Å². The molecule has 2 aromatic carbocycles. The molecule has 0 aliphatic rings. The van der Waals surface area contributed by atoms with Gasteiger partial charge in [-0.1, -0.05) is 51.1 Å². The SMILES string of the molecule is CC(C)(C)c1ccc(C(=O)CSc2cccc(F)c2)cc1. The Hall–Kier alpha value is -1.61. The van der Waals surface area contributed by atoms with Crippen LogP contribution in [-0.4, -0.2) is 11.5 Å². The molecule has 0 N–H and O–H groups in total. The molecule has 0 bridgehead atoms. The van der Waals surface area contributed by atoms with Crippen LogP contribution in [-0.2, 0) is 5.41 Å². The molecule has 2 rings (SSSR count). The Morgan fingerprint density at radius 1 is 1.10 bits per heavy atom. The van der Waals surface area contributed by atoms with Crippen LogP contribution in [0, 0.1) is 5.82 Å². The van der Waals surface area contributed by atoms with Crippen LogP contribution in [0.25, 0.3) is 0 Å². The van der Waals surface area contributed by atoms with Gasteiger partial charge in [0.15, 0.2) is 5.78 Å². The van der Waals surface area contributed by atoms with Crippen molar-refractivity contribution in [3.05, 3.63) is 65.5 Å². The van der Waals surface area contributed by atoms with E-state index in [-0.39, 0.29) is 17.0 Å². The highest BCUT2D eigenvalue weighted by Crippen LogP contribution is 2.24. The highest BCUT2D eigenvalue weighted by Gasteiger charge is 2.14. The number of carbonyl (C=O) groups is 1. The standard InChI is InChI=1S/C18H19FOS/c1-18(2,3)14-9-7-13(8-10-14)17(20)12-21-16-6-4-5-15(19)11-16/h4-11H,12H2,1-3H3. The summed E-state index contributed by atoms with van der Waals surface area (Å²) in [6.07, 6.45) is 0. The number of halogens is 1. The van der Waals surface area contributed by atoms with Gasteiger partial charge in [-0.05, 0) is 29.2 Å². The van der Waals surface area contributed by atoms with E-state index in [1.165, 1.54) is 29.5 Å². The maximum absolute atomic E-state index is 13.1. The molecule has 0 aromatic heterocycles. The lowest BCUT2D eigenvalue weighted by Crippen LogP contribution is -2.11. The van der Waals surface area contributed by atoms with Gasteiger partial charge in [0.2, 0.25) is 0 Å². The highest BCUT2D eigenvalue weighted by atomic mass is 32.2. The van der Waals surface area contributed by atoms with E-state index >= 15 is 0 Å². The van der Waals surface area contributed by atoms with Crippen LogP contribution in [0.3, 0.4) is 0 Å². The van der Waals surface area contributed by atoms with Crippen LogP contribution in [0.4, 0.5) is 4.39 Å². The molecule has 0 radical (unpaired) electrons. The minimum atomic E-state index is -0.276. The largest absolute Gasteiger partial charge is 0.293 e. The number of benzene rings is 2. The van der Waals surface area contributed by atoms with E-state index in [0.717, 1.165) is 4.90 Å². The average Bonchev–Trinajstić information content (AvgIpc) is 2.44. The number of carbonyl (C=O) groups excluding carboxylic acids is 1. The van der Waals surface area contributed by atoms with Crippen LogP contribution < -0.4 is 0 Å². The van der Waals surface area contributed by atoms with Gasteiger partial charge in [0.1, 0.15) is 5.82 Å². The van der Waals surface area contributed by atoms with Crippen LogP contribution in [0.1, 0.15) is 36.7 Å². The average molecular weight is 302 g/mol. The molecule has 0 spiro atoms. The number of rotatable bonds is 4. The molecule has 0 atom stereocenters. The van der Waals surface area contributed by atoms with Crippen molar-refractivity contribution in [2.45, 2.75) is 31.1 Å². The third kappa shape index (κ3) is 4.43. The Morgan fingerprint density at radius 3 is 2.33 bits per heavy atom. The first kappa shape index (κ1) is 15.8. The van der Waals surface area contributed by atoms with Crippen molar-refractivity contribution >= 4 is 17.5 Å². The minimum absolute atomic E-state index is 0.0599. The zero-order valence-electron chi connectivity index (χ0n) is 12.5. The van der Waals surface area contributed by atoms with Gasteiger partial charge in [-0.2, -0.15) is 0 Å². The smallest absolute Gasteiger partial charge is 0.173 e. The highest BCUT2D eigenvalue weighted by molar-refractivity contribution is 8.00. The number of hydrogen-bond donors (Lipinski definition) is 0. The van der Waals surface area contributed by atoms with Crippen molar-refractivity contribution in [1.82, 2.24) is 0 Å². The minimum Gasteiger partial charge on any atom is -0.293 e. The zero-order chi connectivity index (χ0) is 15.5. The lowest BCUT2D eigenvalue weighted by Gasteiger charge is -2.18. The van der Waals surface area contributed by atoms with E-state index in [2.05, 4.69) is 20.8 Å². The Kier molecular flexibility index (Phi) is 4.84. The molecular weight excluding hydrogens is 283 g/mol. The van der Waals surface area contributed by atoms with Crippen molar-refractivity contribution in [3.8, 4) is 0 Å². The normalized spacial score (nSPS) is 11.4. The van der Waals surface area contributed by atoms with Crippen molar-refractivity contribution in [2.24, 2.45) is 0 Å². The summed E-state index contributed by atoms with van der Waals surface area (Å²) in [6.45, 7) is 6.43. The van der Waals surface area contributed by atoms with Gasteiger partial charge in [-0.15, -0.1) is 11.8 Å². The summed E-state index contributed by atoms with van der Waals surface area (Å²) in [5.41, 5.74) is 1.99. The summed E-state index contributed by atoms with van der Waals surface area (Å²) in [5.74, 6) is 0.102. The van der Waals surface area contributed by atoms with Crippen molar-refractivity contribution < 1.29 is 9.18 Å². The van der Waals surface area contributed by atoms with E-state index in [1.807, 2.05) is 30.3 Å². The van der Waals surface area contributed by atoms with Gasteiger partial charge in [0.25, 0.3) is 0 Å². The summed E-state index contributed by atoms with van der Waals surface area (Å²) in [5, 5.41) is 0. The van der Waals surface area contributed by atoms with Crippen LogP contribution in [0.2, 0.25) is 0 Å². The van der Waals surface area contributed by atoms with Gasteiger partial charge in [0.05, 0.1) is 5.75 Å². The predicted octanol–water partition coefficient (Wildman–Crippen LogP) is 5.10.